The number of nitrogens with one attached hydrogen (secondary N) is 1. The van der Waals surface area contributed by atoms with Gasteiger partial charge < -0.3 is 5.32 Å². The van der Waals surface area contributed by atoms with E-state index in [-0.39, 0.29) is 11.9 Å². The fraction of sp³-hybridized carbons (Fsp3) is 0.368. The van der Waals surface area contributed by atoms with Crippen molar-refractivity contribution in [1.82, 2.24) is 9.80 Å². The van der Waals surface area contributed by atoms with Gasteiger partial charge in [0.25, 0.3) is 0 Å². The molecule has 7 heteroatoms. The summed E-state index contributed by atoms with van der Waals surface area (Å²) >= 11 is 7.61. The van der Waals surface area contributed by atoms with Crippen LogP contribution in [-0.2, 0) is 11.3 Å². The van der Waals surface area contributed by atoms with Gasteiger partial charge in [-0.1, -0.05) is 23.7 Å². The largest absolute Gasteiger partial charge is 0.324 e. The number of carbonyl (C=O) groups excluding carboxylic acids is 1. The molecule has 0 radical (unpaired) electrons. The molecule has 2 aromatic rings. The molecule has 2 heterocycles. The zero-order valence-corrected chi connectivity index (χ0v) is 16.2. The number of nitriles is 1. The molecule has 1 fully saturated rings. The second kappa shape index (κ2) is 8.65. The smallest absolute Gasteiger partial charge is 0.241 e. The van der Waals surface area contributed by atoms with Crippen LogP contribution >= 0.6 is 22.9 Å². The van der Waals surface area contributed by atoms with Crippen LogP contribution in [0.15, 0.2) is 36.4 Å². The third-order valence-electron chi connectivity index (χ3n) is 4.65. The van der Waals surface area contributed by atoms with Gasteiger partial charge in [-0.2, -0.15) is 5.26 Å². The predicted octanol–water partition coefficient (Wildman–Crippen LogP) is 3.42. The van der Waals surface area contributed by atoms with Crippen molar-refractivity contribution in [2.75, 3.05) is 31.5 Å². The number of amides is 1. The summed E-state index contributed by atoms with van der Waals surface area (Å²) in [4.78, 5) is 18.4. The molecule has 26 heavy (non-hydrogen) atoms. The lowest BCUT2D eigenvalue weighted by molar-refractivity contribution is -0.121. The molecule has 1 aromatic heterocycles. The van der Waals surface area contributed by atoms with Crippen molar-refractivity contribution in [3.8, 4) is 6.07 Å². The second-order valence-electron chi connectivity index (χ2n) is 6.34. The number of hydrogen-bond acceptors (Lipinski definition) is 5. The molecule has 1 aliphatic rings. The molecule has 1 aliphatic heterocycles. The molecule has 0 unspecified atom stereocenters. The number of nitrogens with zero attached hydrogens (tertiary/aromatic N) is 3. The molecule has 0 saturated carbocycles. The van der Waals surface area contributed by atoms with Gasteiger partial charge in [-0.15, -0.1) is 11.3 Å². The van der Waals surface area contributed by atoms with Gasteiger partial charge in [-0.05, 0) is 31.2 Å². The highest BCUT2D eigenvalue weighted by Crippen LogP contribution is 2.23. The number of thiophene rings is 1. The zero-order valence-electron chi connectivity index (χ0n) is 14.6. The lowest BCUT2D eigenvalue weighted by Crippen LogP contribution is -2.52. The average Bonchev–Trinajstić information content (AvgIpc) is 3.07. The van der Waals surface area contributed by atoms with Gasteiger partial charge >= 0.3 is 0 Å². The standard InChI is InChI=1S/C19H21ClN4OS/c1-14(19(25)22-17-5-3-2-4-15(17)12-21)24-10-8-23(9-11-24)13-16-6-7-18(20)26-16/h2-7,14H,8-11,13H2,1H3,(H,22,25)/t14-/m1/s1. The molecule has 3 rings (SSSR count). The topological polar surface area (TPSA) is 59.4 Å². The number of piperazine rings is 1. The quantitative estimate of drug-likeness (QED) is 0.852. The van der Waals surface area contributed by atoms with Gasteiger partial charge in [0.15, 0.2) is 0 Å². The van der Waals surface area contributed by atoms with Crippen LogP contribution in [0.4, 0.5) is 5.69 Å². The Hall–Kier alpha value is -1.91. The molecule has 0 spiro atoms. The maximum Gasteiger partial charge on any atom is 0.241 e. The van der Waals surface area contributed by atoms with Crippen molar-refractivity contribution in [2.45, 2.75) is 19.5 Å². The minimum absolute atomic E-state index is 0.0776. The maximum absolute atomic E-state index is 12.6. The minimum atomic E-state index is -0.236. The van der Waals surface area contributed by atoms with E-state index in [1.165, 1.54) is 4.88 Å². The highest BCUT2D eigenvalue weighted by molar-refractivity contribution is 7.16. The number of benzene rings is 1. The van der Waals surface area contributed by atoms with Crippen molar-refractivity contribution >= 4 is 34.5 Å². The number of anilines is 1. The fourth-order valence-electron chi connectivity index (χ4n) is 3.06. The minimum Gasteiger partial charge on any atom is -0.324 e. The first-order valence-electron chi connectivity index (χ1n) is 8.57. The van der Waals surface area contributed by atoms with Crippen LogP contribution in [0.2, 0.25) is 4.34 Å². The summed E-state index contributed by atoms with van der Waals surface area (Å²) in [5.74, 6) is -0.0776. The number of halogens is 1. The molecule has 1 N–H and O–H groups in total. The molecule has 5 nitrogen and oxygen atoms in total. The van der Waals surface area contributed by atoms with Crippen molar-refractivity contribution in [2.24, 2.45) is 0 Å². The van der Waals surface area contributed by atoms with Gasteiger partial charge in [-0.25, -0.2) is 0 Å². The van der Waals surface area contributed by atoms with E-state index in [0.717, 1.165) is 37.1 Å². The monoisotopic (exact) mass is 388 g/mol. The van der Waals surface area contributed by atoms with Crippen LogP contribution in [0.25, 0.3) is 0 Å². The van der Waals surface area contributed by atoms with E-state index in [9.17, 15) is 4.79 Å². The summed E-state index contributed by atoms with van der Waals surface area (Å²) in [6.45, 7) is 6.34. The van der Waals surface area contributed by atoms with E-state index < -0.39 is 0 Å². The first-order chi connectivity index (χ1) is 12.6. The SMILES string of the molecule is C[C@H](C(=O)Nc1ccccc1C#N)N1CCN(Cc2ccc(Cl)s2)CC1. The number of hydrogen-bond donors (Lipinski definition) is 1. The molecular weight excluding hydrogens is 368 g/mol. The molecule has 0 aliphatic carbocycles. The predicted molar refractivity (Wildman–Crippen MR) is 105 cm³/mol. The highest BCUT2D eigenvalue weighted by Gasteiger charge is 2.26. The van der Waals surface area contributed by atoms with E-state index in [4.69, 9.17) is 16.9 Å². The van der Waals surface area contributed by atoms with E-state index >= 15 is 0 Å². The lowest BCUT2D eigenvalue weighted by atomic mass is 10.1. The molecule has 1 aromatic carbocycles. The van der Waals surface area contributed by atoms with Gasteiger partial charge in [0.05, 0.1) is 21.6 Å². The number of rotatable bonds is 5. The van der Waals surface area contributed by atoms with Crippen molar-refractivity contribution in [3.63, 3.8) is 0 Å². The summed E-state index contributed by atoms with van der Waals surface area (Å²) < 4.78 is 0.821. The third kappa shape index (κ3) is 4.63. The van der Waals surface area contributed by atoms with Crippen LogP contribution in [0.3, 0.4) is 0 Å². The maximum atomic E-state index is 12.6. The fourth-order valence-corrected chi connectivity index (χ4v) is 4.19. The Bertz CT molecular complexity index is 808. The normalized spacial score (nSPS) is 16.8. The highest BCUT2D eigenvalue weighted by atomic mass is 35.5. The van der Waals surface area contributed by atoms with E-state index in [1.807, 2.05) is 19.1 Å². The first kappa shape index (κ1) is 18.9. The Morgan fingerprint density at radius 2 is 2.00 bits per heavy atom. The van der Waals surface area contributed by atoms with Gasteiger partial charge in [-0.3, -0.25) is 14.6 Å². The molecule has 1 amide bonds. The third-order valence-corrected chi connectivity index (χ3v) is 5.86. The van der Waals surface area contributed by atoms with Crippen LogP contribution in [0.5, 0.6) is 0 Å². The molecule has 0 bridgehead atoms. The van der Waals surface area contributed by atoms with E-state index in [0.29, 0.717) is 11.3 Å². The summed E-state index contributed by atoms with van der Waals surface area (Å²) in [5.41, 5.74) is 1.05. The Balaban J connectivity index is 1.52. The van der Waals surface area contributed by atoms with Gasteiger partial charge in [0.2, 0.25) is 5.91 Å². The van der Waals surface area contributed by atoms with Crippen LogP contribution < -0.4 is 5.32 Å². The van der Waals surface area contributed by atoms with Crippen LogP contribution in [0.1, 0.15) is 17.4 Å². The summed E-state index contributed by atoms with van der Waals surface area (Å²) in [7, 11) is 0. The Kier molecular flexibility index (Phi) is 6.28. The lowest BCUT2D eigenvalue weighted by Gasteiger charge is -2.37. The molecule has 136 valence electrons. The first-order valence-corrected chi connectivity index (χ1v) is 9.77. The number of carbonyl (C=O) groups is 1. The summed E-state index contributed by atoms with van der Waals surface area (Å²) in [5, 5.41) is 12.0. The zero-order chi connectivity index (χ0) is 18.5. The van der Waals surface area contributed by atoms with Crippen molar-refractivity contribution < 1.29 is 4.79 Å². The molecular formula is C19H21ClN4OS. The molecule has 1 atom stereocenters. The van der Waals surface area contributed by atoms with Crippen LogP contribution in [0, 0.1) is 11.3 Å². The van der Waals surface area contributed by atoms with Crippen molar-refractivity contribution in [1.29, 1.82) is 5.26 Å². The van der Waals surface area contributed by atoms with E-state index in [2.05, 4.69) is 27.3 Å². The average molecular weight is 389 g/mol. The van der Waals surface area contributed by atoms with Gasteiger partial charge in [0, 0.05) is 37.6 Å². The van der Waals surface area contributed by atoms with Crippen LogP contribution in [-0.4, -0.2) is 47.9 Å². The second-order valence-corrected chi connectivity index (χ2v) is 8.14. The van der Waals surface area contributed by atoms with E-state index in [1.54, 1.807) is 29.5 Å². The summed E-state index contributed by atoms with van der Waals surface area (Å²) in [6.07, 6.45) is 0. The molecule has 1 saturated heterocycles. The number of para-hydroxylation sites is 1. The van der Waals surface area contributed by atoms with Gasteiger partial charge in [0.1, 0.15) is 6.07 Å². The Labute approximate surface area is 162 Å². The van der Waals surface area contributed by atoms with Crippen molar-refractivity contribution in [3.05, 3.63) is 51.2 Å². The summed E-state index contributed by atoms with van der Waals surface area (Å²) in [6, 6.07) is 12.9. The Morgan fingerprint density at radius 3 is 2.65 bits per heavy atom. The Morgan fingerprint density at radius 1 is 1.27 bits per heavy atom.